The lowest BCUT2D eigenvalue weighted by Crippen LogP contribution is -2.21. The Morgan fingerprint density at radius 2 is 2.11 bits per heavy atom. The van der Waals surface area contributed by atoms with Crippen LogP contribution >= 0.6 is 12.2 Å². The Morgan fingerprint density at radius 3 is 2.68 bits per heavy atom. The molecule has 0 atom stereocenters. The van der Waals surface area contributed by atoms with E-state index in [1.54, 1.807) is 19.3 Å². The third-order valence-electron chi connectivity index (χ3n) is 2.52. The average molecular weight is 278 g/mol. The van der Waals surface area contributed by atoms with E-state index in [1.807, 2.05) is 19.1 Å². The summed E-state index contributed by atoms with van der Waals surface area (Å²) in [5, 5.41) is 5.61. The van der Waals surface area contributed by atoms with Crippen molar-refractivity contribution in [2.24, 2.45) is 0 Å². The van der Waals surface area contributed by atoms with E-state index in [0.717, 1.165) is 5.56 Å². The number of hydrogen-bond donors (Lipinski definition) is 2. The predicted molar refractivity (Wildman–Crippen MR) is 76.0 cm³/mol. The zero-order chi connectivity index (χ0) is 13.8. The van der Waals surface area contributed by atoms with Crippen LogP contribution in [0.4, 0.5) is 0 Å². The number of nitrogens with one attached hydrogen (secondary N) is 2. The van der Waals surface area contributed by atoms with Crippen molar-refractivity contribution in [2.75, 3.05) is 13.7 Å². The number of hydrogen-bond acceptors (Lipinski definition) is 4. The molecule has 19 heavy (non-hydrogen) atoms. The molecule has 0 aliphatic carbocycles. The van der Waals surface area contributed by atoms with Gasteiger partial charge in [0.05, 0.1) is 13.7 Å². The first-order valence-electron chi connectivity index (χ1n) is 5.79. The fourth-order valence-corrected chi connectivity index (χ4v) is 1.90. The van der Waals surface area contributed by atoms with Crippen molar-refractivity contribution >= 4 is 29.3 Å². The lowest BCUT2D eigenvalue weighted by molar-refractivity contribution is -0.115. The zero-order valence-electron chi connectivity index (χ0n) is 10.6. The van der Waals surface area contributed by atoms with Crippen molar-refractivity contribution in [3.05, 3.63) is 29.5 Å². The summed E-state index contributed by atoms with van der Waals surface area (Å²) in [5.41, 5.74) is 1.24. The second-order valence-corrected chi connectivity index (χ2v) is 4.22. The number of carbonyl (C=O) groups excluding carboxylic acids is 1. The number of ether oxygens (including phenoxy) is 2. The average Bonchev–Trinajstić information content (AvgIpc) is 2.69. The Labute approximate surface area is 116 Å². The number of thiocarbonyl (C=S) groups is 1. The molecule has 0 spiro atoms. The molecule has 1 aliphatic heterocycles. The van der Waals surface area contributed by atoms with Crippen molar-refractivity contribution in [3.63, 3.8) is 0 Å². The maximum absolute atomic E-state index is 11.5. The summed E-state index contributed by atoms with van der Waals surface area (Å²) < 4.78 is 10.7. The van der Waals surface area contributed by atoms with Crippen LogP contribution in [0.25, 0.3) is 6.08 Å². The second-order valence-electron chi connectivity index (χ2n) is 3.81. The molecular weight excluding hydrogens is 264 g/mol. The minimum atomic E-state index is -0.237. The SMILES string of the molecule is CCOc1cc(C=C2NC(=S)NC2=O)ccc1OC. The van der Waals surface area contributed by atoms with Crippen LogP contribution in [0.2, 0.25) is 0 Å². The highest BCUT2D eigenvalue weighted by Crippen LogP contribution is 2.28. The van der Waals surface area contributed by atoms with Crippen molar-refractivity contribution in [1.29, 1.82) is 0 Å². The molecule has 5 nitrogen and oxygen atoms in total. The molecule has 0 saturated carbocycles. The molecule has 0 aromatic heterocycles. The van der Waals surface area contributed by atoms with Gasteiger partial charge in [-0.05, 0) is 42.9 Å². The molecule has 1 aromatic rings. The first kappa shape index (κ1) is 13.4. The summed E-state index contributed by atoms with van der Waals surface area (Å²) in [7, 11) is 1.58. The molecule has 1 amide bonds. The molecule has 1 aliphatic rings. The molecule has 2 N–H and O–H groups in total. The molecule has 1 heterocycles. The minimum Gasteiger partial charge on any atom is -0.493 e. The first-order valence-corrected chi connectivity index (χ1v) is 6.19. The number of methoxy groups -OCH3 is 1. The molecule has 0 bridgehead atoms. The predicted octanol–water partition coefficient (Wildman–Crippen LogP) is 1.44. The number of amides is 1. The zero-order valence-corrected chi connectivity index (χ0v) is 11.5. The Hall–Kier alpha value is -2.08. The lowest BCUT2D eigenvalue weighted by Gasteiger charge is -2.09. The standard InChI is InChI=1S/C13H14N2O3S/c1-3-18-11-7-8(4-5-10(11)17-2)6-9-12(16)15-13(19)14-9/h4-7H,3H2,1-2H3,(H2,14,15,16,19). The third kappa shape index (κ3) is 3.03. The highest BCUT2D eigenvalue weighted by atomic mass is 32.1. The topological polar surface area (TPSA) is 59.6 Å². The summed E-state index contributed by atoms with van der Waals surface area (Å²) in [6.45, 7) is 2.44. The first-order chi connectivity index (χ1) is 9.13. The van der Waals surface area contributed by atoms with Crippen molar-refractivity contribution < 1.29 is 14.3 Å². The fourth-order valence-electron chi connectivity index (χ4n) is 1.70. The normalized spacial score (nSPS) is 16.2. The molecule has 1 aromatic carbocycles. The fraction of sp³-hybridized carbons (Fsp3) is 0.231. The van der Waals surface area contributed by atoms with Crippen LogP contribution in [0.3, 0.4) is 0 Å². The lowest BCUT2D eigenvalue weighted by atomic mass is 10.1. The summed E-state index contributed by atoms with van der Waals surface area (Å²) >= 11 is 4.87. The van der Waals surface area contributed by atoms with Gasteiger partial charge in [-0.15, -0.1) is 0 Å². The third-order valence-corrected chi connectivity index (χ3v) is 2.72. The van der Waals surface area contributed by atoms with Gasteiger partial charge in [-0.25, -0.2) is 0 Å². The summed E-state index contributed by atoms with van der Waals surface area (Å²) in [6.07, 6.45) is 1.70. The van der Waals surface area contributed by atoms with E-state index in [-0.39, 0.29) is 5.91 Å². The van der Waals surface area contributed by atoms with Crippen LogP contribution in [-0.2, 0) is 4.79 Å². The van der Waals surface area contributed by atoms with Crippen LogP contribution in [0.5, 0.6) is 11.5 Å². The summed E-state index contributed by atoms with van der Waals surface area (Å²) in [5.74, 6) is 1.06. The largest absolute Gasteiger partial charge is 0.493 e. The van der Waals surface area contributed by atoms with Gasteiger partial charge >= 0.3 is 0 Å². The maximum Gasteiger partial charge on any atom is 0.273 e. The van der Waals surface area contributed by atoms with Crippen molar-refractivity contribution in [3.8, 4) is 11.5 Å². The summed E-state index contributed by atoms with van der Waals surface area (Å²) in [4.78, 5) is 11.5. The van der Waals surface area contributed by atoms with Gasteiger partial charge in [0.15, 0.2) is 16.6 Å². The molecule has 0 radical (unpaired) electrons. The minimum absolute atomic E-state index is 0.237. The van der Waals surface area contributed by atoms with Crippen molar-refractivity contribution in [2.45, 2.75) is 6.92 Å². The van der Waals surface area contributed by atoms with Crippen LogP contribution in [0.1, 0.15) is 12.5 Å². The summed E-state index contributed by atoms with van der Waals surface area (Å²) in [6, 6.07) is 5.44. The maximum atomic E-state index is 11.5. The van der Waals surface area contributed by atoms with E-state index >= 15 is 0 Å². The Morgan fingerprint density at radius 1 is 1.32 bits per heavy atom. The molecule has 1 saturated heterocycles. The van der Waals surface area contributed by atoms with Gasteiger partial charge in [0.25, 0.3) is 5.91 Å². The Kier molecular flexibility index (Phi) is 4.01. The Balaban J connectivity index is 2.31. The van der Waals surface area contributed by atoms with Crippen LogP contribution in [0, 0.1) is 0 Å². The molecular formula is C13H14N2O3S. The molecule has 0 unspecified atom stereocenters. The van der Waals surface area contributed by atoms with Crippen LogP contribution in [-0.4, -0.2) is 24.7 Å². The van der Waals surface area contributed by atoms with Gasteiger partial charge in [-0.1, -0.05) is 6.07 Å². The van der Waals surface area contributed by atoms with Gasteiger partial charge < -0.3 is 14.8 Å². The second kappa shape index (κ2) is 5.71. The van der Waals surface area contributed by atoms with Gasteiger partial charge in [0, 0.05) is 0 Å². The van der Waals surface area contributed by atoms with E-state index in [4.69, 9.17) is 21.7 Å². The number of rotatable bonds is 4. The highest BCUT2D eigenvalue weighted by molar-refractivity contribution is 7.80. The van der Waals surface area contributed by atoms with Gasteiger partial charge in [-0.2, -0.15) is 0 Å². The molecule has 1 fully saturated rings. The van der Waals surface area contributed by atoms with E-state index < -0.39 is 0 Å². The number of carbonyl (C=O) groups is 1. The monoisotopic (exact) mass is 278 g/mol. The van der Waals surface area contributed by atoms with Crippen LogP contribution in [0.15, 0.2) is 23.9 Å². The van der Waals surface area contributed by atoms with E-state index in [0.29, 0.717) is 28.9 Å². The van der Waals surface area contributed by atoms with E-state index in [2.05, 4.69) is 10.6 Å². The van der Waals surface area contributed by atoms with Gasteiger partial charge in [0.1, 0.15) is 5.70 Å². The van der Waals surface area contributed by atoms with Crippen molar-refractivity contribution in [1.82, 2.24) is 10.6 Å². The smallest absolute Gasteiger partial charge is 0.273 e. The highest BCUT2D eigenvalue weighted by Gasteiger charge is 2.20. The molecule has 2 rings (SSSR count). The van der Waals surface area contributed by atoms with E-state index in [9.17, 15) is 4.79 Å². The molecule has 100 valence electrons. The quantitative estimate of drug-likeness (QED) is 0.644. The van der Waals surface area contributed by atoms with E-state index in [1.165, 1.54) is 0 Å². The van der Waals surface area contributed by atoms with Crippen LogP contribution < -0.4 is 20.1 Å². The van der Waals surface area contributed by atoms with Gasteiger partial charge in [0.2, 0.25) is 0 Å². The Bertz CT molecular complexity index is 555. The van der Waals surface area contributed by atoms with Gasteiger partial charge in [-0.3, -0.25) is 10.1 Å². The molecule has 6 heteroatoms. The number of benzene rings is 1.